The summed E-state index contributed by atoms with van der Waals surface area (Å²) in [5.74, 6) is -1.11. The van der Waals surface area contributed by atoms with E-state index in [1.54, 1.807) is 10.8 Å². The molecule has 0 bridgehead atoms. The zero-order valence-corrected chi connectivity index (χ0v) is 16.6. The van der Waals surface area contributed by atoms with Gasteiger partial charge in [-0.1, -0.05) is 18.2 Å². The first-order valence-corrected chi connectivity index (χ1v) is 10.2. The van der Waals surface area contributed by atoms with Gasteiger partial charge in [-0.05, 0) is 37.3 Å². The molecule has 0 saturated heterocycles. The Kier molecular flexibility index (Phi) is 5.51. The molecule has 0 radical (unpaired) electrons. The van der Waals surface area contributed by atoms with Crippen molar-refractivity contribution in [1.29, 1.82) is 0 Å². The molecule has 150 valence electrons. The van der Waals surface area contributed by atoms with Crippen LogP contribution < -0.4 is 10.0 Å². The predicted octanol–water partition coefficient (Wildman–Crippen LogP) is 2.31. The van der Waals surface area contributed by atoms with Crippen LogP contribution in [0.3, 0.4) is 0 Å². The number of carbonyl (C=O) groups excluding carboxylic acids is 3. The van der Waals surface area contributed by atoms with E-state index in [2.05, 4.69) is 5.32 Å². The first kappa shape index (κ1) is 20.3. The largest absolute Gasteiger partial charge is 0.337 e. The Labute approximate surface area is 167 Å². The van der Waals surface area contributed by atoms with Crippen molar-refractivity contribution in [2.45, 2.75) is 25.3 Å². The molecule has 1 heterocycles. The molecule has 0 spiro atoms. The van der Waals surface area contributed by atoms with Crippen LogP contribution >= 0.6 is 0 Å². The van der Waals surface area contributed by atoms with Crippen molar-refractivity contribution < 1.29 is 22.8 Å². The summed E-state index contributed by atoms with van der Waals surface area (Å²) in [4.78, 5) is 35.2. The highest BCUT2D eigenvalue weighted by atomic mass is 32.2. The van der Waals surface area contributed by atoms with Crippen molar-refractivity contribution in [3.8, 4) is 0 Å². The second kappa shape index (κ2) is 7.88. The zero-order valence-electron chi connectivity index (χ0n) is 15.8. The number of rotatable bonds is 6. The van der Waals surface area contributed by atoms with Crippen molar-refractivity contribution in [2.75, 3.05) is 5.32 Å². The van der Waals surface area contributed by atoms with Gasteiger partial charge in [0.25, 0.3) is 10.0 Å². The van der Waals surface area contributed by atoms with Gasteiger partial charge in [-0.25, -0.2) is 13.1 Å². The third-order valence-corrected chi connectivity index (χ3v) is 5.66. The number of carbonyl (C=O) groups is 3. The molecule has 0 aliphatic carbocycles. The molecule has 0 unspecified atom stereocenters. The molecule has 9 heteroatoms. The van der Waals surface area contributed by atoms with Crippen LogP contribution in [-0.4, -0.2) is 30.6 Å². The Morgan fingerprint density at radius 3 is 2.24 bits per heavy atom. The second-order valence-corrected chi connectivity index (χ2v) is 8.16. The number of amides is 2. The fourth-order valence-corrected chi connectivity index (χ4v) is 3.97. The maximum atomic E-state index is 12.4. The first-order valence-electron chi connectivity index (χ1n) is 8.69. The standard InChI is InChI=1S/C20H19N3O5S/c1-13(24)18-11-23(19-6-4-3-5-17(18)19)12-20(26)21-15-7-9-16(10-8-15)29(27,28)22-14(2)25/h3-11H,12H2,1-2H3,(H,21,26)(H,22,25). The van der Waals surface area contributed by atoms with Crippen LogP contribution in [0, 0.1) is 0 Å². The second-order valence-electron chi connectivity index (χ2n) is 6.48. The van der Waals surface area contributed by atoms with Crippen LogP contribution in [-0.2, 0) is 26.2 Å². The van der Waals surface area contributed by atoms with Crippen LogP contribution in [0.5, 0.6) is 0 Å². The molecule has 2 amide bonds. The number of aromatic nitrogens is 1. The highest BCUT2D eigenvalue weighted by molar-refractivity contribution is 7.90. The van der Waals surface area contributed by atoms with E-state index in [1.807, 2.05) is 29.0 Å². The number of hydrogen-bond donors (Lipinski definition) is 2. The third-order valence-electron chi connectivity index (χ3n) is 4.21. The number of ketones is 1. The van der Waals surface area contributed by atoms with E-state index in [9.17, 15) is 22.8 Å². The minimum absolute atomic E-state index is 0.0142. The number of fused-ring (bicyclic) bond motifs is 1. The van der Waals surface area contributed by atoms with Crippen LogP contribution in [0.2, 0.25) is 0 Å². The summed E-state index contributed by atoms with van der Waals surface area (Å²) >= 11 is 0. The molecule has 0 aliphatic heterocycles. The van der Waals surface area contributed by atoms with Crippen molar-refractivity contribution in [3.63, 3.8) is 0 Å². The molecule has 0 saturated carbocycles. The normalized spacial score (nSPS) is 11.2. The molecular weight excluding hydrogens is 394 g/mol. The van der Waals surface area contributed by atoms with Crippen molar-refractivity contribution in [1.82, 2.24) is 9.29 Å². The van der Waals surface area contributed by atoms with Gasteiger partial charge in [0.2, 0.25) is 11.8 Å². The van der Waals surface area contributed by atoms with Gasteiger partial charge in [0.05, 0.1) is 4.90 Å². The number of para-hydroxylation sites is 1. The van der Waals surface area contributed by atoms with Crippen molar-refractivity contribution in [3.05, 3.63) is 60.3 Å². The van der Waals surface area contributed by atoms with Gasteiger partial charge in [0, 0.05) is 35.3 Å². The fraction of sp³-hybridized carbons (Fsp3) is 0.150. The average molecular weight is 413 g/mol. The average Bonchev–Trinajstić information content (AvgIpc) is 3.00. The van der Waals surface area contributed by atoms with E-state index in [1.165, 1.54) is 31.2 Å². The highest BCUT2D eigenvalue weighted by Crippen LogP contribution is 2.22. The molecule has 8 nitrogen and oxygen atoms in total. The van der Waals surface area contributed by atoms with Gasteiger partial charge in [-0.2, -0.15) is 0 Å². The number of nitrogens with one attached hydrogen (secondary N) is 2. The van der Waals surface area contributed by atoms with Gasteiger partial charge in [0.15, 0.2) is 5.78 Å². The Bertz CT molecular complexity index is 1210. The molecule has 2 aromatic carbocycles. The summed E-state index contributed by atoms with van der Waals surface area (Å²) in [6.07, 6.45) is 1.65. The highest BCUT2D eigenvalue weighted by Gasteiger charge is 2.16. The van der Waals surface area contributed by atoms with Gasteiger partial charge in [-0.15, -0.1) is 0 Å². The third kappa shape index (κ3) is 4.52. The molecule has 0 atom stereocenters. The van der Waals surface area contributed by atoms with Crippen LogP contribution in [0.25, 0.3) is 10.9 Å². The van der Waals surface area contributed by atoms with E-state index < -0.39 is 15.9 Å². The quantitative estimate of drug-likeness (QED) is 0.602. The zero-order chi connectivity index (χ0) is 21.2. The topological polar surface area (TPSA) is 114 Å². The number of nitrogens with zero attached hydrogens (tertiary/aromatic N) is 1. The molecule has 29 heavy (non-hydrogen) atoms. The number of benzene rings is 2. The van der Waals surface area contributed by atoms with E-state index in [0.29, 0.717) is 11.3 Å². The lowest BCUT2D eigenvalue weighted by Crippen LogP contribution is -2.28. The summed E-state index contributed by atoms with van der Waals surface area (Å²) in [5.41, 5.74) is 1.71. The lowest BCUT2D eigenvalue weighted by Gasteiger charge is -2.09. The molecule has 2 N–H and O–H groups in total. The Balaban J connectivity index is 1.76. The molecule has 0 aliphatic rings. The van der Waals surface area contributed by atoms with Crippen LogP contribution in [0.15, 0.2) is 59.6 Å². The lowest BCUT2D eigenvalue weighted by atomic mass is 10.1. The summed E-state index contributed by atoms with van der Waals surface area (Å²) in [6, 6.07) is 12.8. The van der Waals surface area contributed by atoms with Gasteiger partial charge in [-0.3, -0.25) is 14.4 Å². The Hall–Kier alpha value is -3.46. The maximum Gasteiger partial charge on any atom is 0.264 e. The first-order chi connectivity index (χ1) is 13.7. The smallest absolute Gasteiger partial charge is 0.264 e. The lowest BCUT2D eigenvalue weighted by molar-refractivity contribution is -0.117. The number of anilines is 1. The van der Waals surface area contributed by atoms with Crippen molar-refractivity contribution >= 4 is 44.2 Å². The monoisotopic (exact) mass is 413 g/mol. The van der Waals surface area contributed by atoms with E-state index >= 15 is 0 Å². The minimum atomic E-state index is -3.93. The van der Waals surface area contributed by atoms with Gasteiger partial charge >= 0.3 is 0 Å². The number of Topliss-reactive ketones (excluding diaryl/α,β-unsaturated/α-hetero) is 1. The fourth-order valence-electron chi connectivity index (χ4n) is 2.98. The minimum Gasteiger partial charge on any atom is -0.337 e. The molecule has 1 aromatic heterocycles. The van der Waals surface area contributed by atoms with E-state index in [-0.39, 0.29) is 23.1 Å². The maximum absolute atomic E-state index is 12.4. The summed E-state index contributed by atoms with van der Waals surface area (Å²) in [6.45, 7) is 2.57. The van der Waals surface area contributed by atoms with E-state index in [4.69, 9.17) is 0 Å². The molecule has 0 fully saturated rings. The summed E-state index contributed by atoms with van der Waals surface area (Å²) < 4.78 is 27.5. The molecular formula is C20H19N3O5S. The van der Waals surface area contributed by atoms with E-state index in [0.717, 1.165) is 17.8 Å². The SMILES string of the molecule is CC(=O)NS(=O)(=O)c1ccc(NC(=O)Cn2cc(C(C)=O)c3ccccc32)cc1. The summed E-state index contributed by atoms with van der Waals surface area (Å²) in [7, 11) is -3.93. The predicted molar refractivity (Wildman–Crippen MR) is 108 cm³/mol. The summed E-state index contributed by atoms with van der Waals surface area (Å²) in [5, 5.41) is 3.46. The molecule has 3 aromatic rings. The van der Waals surface area contributed by atoms with Crippen LogP contribution in [0.1, 0.15) is 24.2 Å². The Morgan fingerprint density at radius 2 is 1.62 bits per heavy atom. The number of hydrogen-bond acceptors (Lipinski definition) is 5. The van der Waals surface area contributed by atoms with Crippen LogP contribution in [0.4, 0.5) is 5.69 Å². The molecule has 3 rings (SSSR count). The van der Waals surface area contributed by atoms with Gasteiger partial charge in [0.1, 0.15) is 6.54 Å². The van der Waals surface area contributed by atoms with Gasteiger partial charge < -0.3 is 9.88 Å². The number of sulfonamides is 1. The Morgan fingerprint density at radius 1 is 0.966 bits per heavy atom. The van der Waals surface area contributed by atoms with Crippen molar-refractivity contribution in [2.24, 2.45) is 0 Å².